The van der Waals surface area contributed by atoms with E-state index in [2.05, 4.69) is 55.5 Å². The molecule has 1 aliphatic heterocycles. The van der Waals surface area contributed by atoms with Gasteiger partial charge in [-0.1, -0.05) is 12.1 Å². The number of nitrogens with zero attached hydrogens (tertiary/aromatic N) is 3. The quantitative estimate of drug-likeness (QED) is 0.937. The predicted molar refractivity (Wildman–Crippen MR) is 84.9 cm³/mol. The van der Waals surface area contributed by atoms with E-state index in [0.717, 1.165) is 42.0 Å². The molecule has 3 rings (SSSR count). The van der Waals surface area contributed by atoms with Crippen molar-refractivity contribution in [3.05, 3.63) is 46.0 Å². The van der Waals surface area contributed by atoms with Crippen molar-refractivity contribution in [2.75, 3.05) is 18.0 Å². The second-order valence-electron chi connectivity index (χ2n) is 5.12. The summed E-state index contributed by atoms with van der Waals surface area (Å²) in [6.45, 7) is 5.63. The van der Waals surface area contributed by atoms with Gasteiger partial charge in [-0.05, 0) is 41.5 Å². The van der Waals surface area contributed by atoms with Gasteiger partial charge in [-0.3, -0.25) is 0 Å². The molecule has 0 amide bonds. The molecule has 0 fully saturated rings. The second-order valence-corrected chi connectivity index (χ2v) is 5.97. The molecule has 0 atom stereocenters. The van der Waals surface area contributed by atoms with Crippen LogP contribution in [0.5, 0.6) is 0 Å². The average Bonchev–Trinajstić information content (AvgIpc) is 2.76. The van der Waals surface area contributed by atoms with Crippen molar-refractivity contribution < 1.29 is 0 Å². The maximum absolute atomic E-state index is 5.70. The number of anilines is 1. The zero-order valence-electron chi connectivity index (χ0n) is 11.6. The van der Waals surface area contributed by atoms with Crippen LogP contribution in [0.3, 0.4) is 0 Å². The van der Waals surface area contributed by atoms with Crippen LogP contribution in [0.1, 0.15) is 17.2 Å². The predicted octanol–water partition coefficient (Wildman–Crippen LogP) is 2.48. The molecule has 2 aromatic rings. The van der Waals surface area contributed by atoms with E-state index in [1.807, 2.05) is 6.07 Å². The molecule has 2 heterocycles. The molecular formula is C15H19BrN4. The third kappa shape index (κ3) is 2.36. The number of nitrogens with two attached hydrogens (primary N) is 1. The van der Waals surface area contributed by atoms with Crippen molar-refractivity contribution in [3.63, 3.8) is 0 Å². The Labute approximate surface area is 127 Å². The molecule has 0 bridgehead atoms. The summed E-state index contributed by atoms with van der Waals surface area (Å²) in [4.78, 5) is 7.08. The first-order chi connectivity index (χ1) is 9.70. The smallest absolute Gasteiger partial charge is 0.106 e. The van der Waals surface area contributed by atoms with E-state index in [-0.39, 0.29) is 0 Å². The van der Waals surface area contributed by atoms with Gasteiger partial charge in [0.15, 0.2) is 0 Å². The number of aryl methyl sites for hydroxylation is 1. The number of rotatable bonds is 3. The van der Waals surface area contributed by atoms with Gasteiger partial charge in [0.05, 0.1) is 23.6 Å². The van der Waals surface area contributed by atoms with Crippen molar-refractivity contribution in [1.29, 1.82) is 0 Å². The first-order valence-electron chi connectivity index (χ1n) is 6.95. The summed E-state index contributed by atoms with van der Waals surface area (Å²) in [5, 5.41) is 0. The molecular weight excluding hydrogens is 316 g/mol. The van der Waals surface area contributed by atoms with E-state index in [1.165, 1.54) is 11.4 Å². The van der Waals surface area contributed by atoms with Crippen molar-refractivity contribution in [2.45, 2.75) is 26.4 Å². The molecule has 0 aliphatic carbocycles. The fraction of sp³-hybridized carbons (Fsp3) is 0.400. The van der Waals surface area contributed by atoms with E-state index < -0.39 is 0 Å². The van der Waals surface area contributed by atoms with E-state index in [9.17, 15) is 0 Å². The number of para-hydroxylation sites is 1. The number of benzene rings is 1. The molecule has 5 heteroatoms. The Balaban J connectivity index is 1.93. The van der Waals surface area contributed by atoms with Crippen LogP contribution in [0.25, 0.3) is 0 Å². The van der Waals surface area contributed by atoms with Crippen LogP contribution < -0.4 is 10.6 Å². The summed E-state index contributed by atoms with van der Waals surface area (Å²) in [6, 6.07) is 8.38. The number of hydrogen-bond donors (Lipinski definition) is 1. The molecule has 1 aromatic carbocycles. The third-order valence-electron chi connectivity index (χ3n) is 3.85. The van der Waals surface area contributed by atoms with Crippen LogP contribution in [0.15, 0.2) is 28.7 Å². The Hall–Kier alpha value is -1.33. The highest BCUT2D eigenvalue weighted by Gasteiger charge is 2.23. The van der Waals surface area contributed by atoms with Gasteiger partial charge in [-0.15, -0.1) is 0 Å². The number of hydrogen-bond acceptors (Lipinski definition) is 3. The summed E-state index contributed by atoms with van der Waals surface area (Å²) < 4.78 is 3.48. The molecule has 0 saturated heterocycles. The van der Waals surface area contributed by atoms with Crippen molar-refractivity contribution in [1.82, 2.24) is 9.55 Å². The second kappa shape index (κ2) is 5.58. The zero-order valence-corrected chi connectivity index (χ0v) is 13.2. The maximum Gasteiger partial charge on any atom is 0.106 e. The van der Waals surface area contributed by atoms with Gasteiger partial charge in [-0.2, -0.15) is 0 Å². The normalized spacial score (nSPS) is 14.4. The molecule has 4 nitrogen and oxygen atoms in total. The van der Waals surface area contributed by atoms with Gasteiger partial charge in [0.2, 0.25) is 0 Å². The number of fused-ring (bicyclic) bond motifs is 1. The van der Waals surface area contributed by atoms with Crippen molar-refractivity contribution in [2.24, 2.45) is 5.73 Å². The largest absolute Gasteiger partial charge is 0.363 e. The van der Waals surface area contributed by atoms with Gasteiger partial charge in [0.1, 0.15) is 5.82 Å². The van der Waals surface area contributed by atoms with E-state index in [0.29, 0.717) is 6.54 Å². The molecule has 1 aliphatic rings. The highest BCUT2D eigenvalue weighted by atomic mass is 79.9. The minimum Gasteiger partial charge on any atom is -0.363 e. The first kappa shape index (κ1) is 13.6. The van der Waals surface area contributed by atoms with Crippen LogP contribution in [0, 0.1) is 6.92 Å². The fourth-order valence-corrected chi connectivity index (χ4v) is 3.41. The summed E-state index contributed by atoms with van der Waals surface area (Å²) in [6.07, 6.45) is 0.854. The Morgan fingerprint density at radius 3 is 2.85 bits per heavy atom. The minimum atomic E-state index is 0.651. The van der Waals surface area contributed by atoms with Gasteiger partial charge < -0.3 is 15.2 Å². The topological polar surface area (TPSA) is 47.1 Å². The Morgan fingerprint density at radius 1 is 1.30 bits per heavy atom. The highest BCUT2D eigenvalue weighted by Crippen LogP contribution is 2.30. The molecule has 106 valence electrons. The summed E-state index contributed by atoms with van der Waals surface area (Å²) >= 11 is 3.64. The van der Waals surface area contributed by atoms with Gasteiger partial charge in [0.25, 0.3) is 0 Å². The van der Waals surface area contributed by atoms with Crippen LogP contribution >= 0.6 is 15.9 Å². The van der Waals surface area contributed by atoms with E-state index >= 15 is 0 Å². The Bertz CT molecular complexity index is 620. The number of halogens is 1. The van der Waals surface area contributed by atoms with Gasteiger partial charge in [-0.25, -0.2) is 4.98 Å². The molecule has 0 unspecified atom stereocenters. The van der Waals surface area contributed by atoms with Crippen LogP contribution in [-0.2, 0) is 19.5 Å². The highest BCUT2D eigenvalue weighted by molar-refractivity contribution is 9.10. The monoisotopic (exact) mass is 334 g/mol. The molecule has 0 saturated carbocycles. The number of aromatic nitrogens is 2. The Morgan fingerprint density at radius 2 is 2.10 bits per heavy atom. The summed E-state index contributed by atoms with van der Waals surface area (Å²) in [7, 11) is 0. The summed E-state index contributed by atoms with van der Waals surface area (Å²) in [5.41, 5.74) is 9.42. The molecule has 1 aromatic heterocycles. The average molecular weight is 335 g/mol. The minimum absolute atomic E-state index is 0.651. The molecule has 0 spiro atoms. The lowest BCUT2D eigenvalue weighted by molar-refractivity contribution is 0.556. The molecule has 20 heavy (non-hydrogen) atoms. The number of imidazole rings is 1. The van der Waals surface area contributed by atoms with Gasteiger partial charge in [0, 0.05) is 24.0 Å². The lowest BCUT2D eigenvalue weighted by atomic mass is 10.2. The van der Waals surface area contributed by atoms with Crippen LogP contribution in [0.4, 0.5) is 5.69 Å². The summed E-state index contributed by atoms with van der Waals surface area (Å²) in [5.74, 6) is 1.11. The van der Waals surface area contributed by atoms with Gasteiger partial charge >= 0.3 is 0 Å². The van der Waals surface area contributed by atoms with Crippen molar-refractivity contribution in [3.8, 4) is 0 Å². The van der Waals surface area contributed by atoms with Crippen molar-refractivity contribution >= 4 is 21.6 Å². The third-order valence-corrected chi connectivity index (χ3v) is 4.53. The zero-order chi connectivity index (χ0) is 14.1. The standard InChI is InChI=1S/C15H19BrN4/c1-11-18-13(6-7-17)15-10-19(8-9-20(11)15)14-5-3-2-4-12(14)16/h2-5H,6-10,17H2,1H3. The van der Waals surface area contributed by atoms with E-state index in [1.54, 1.807) is 0 Å². The maximum atomic E-state index is 5.70. The Kier molecular flexibility index (Phi) is 3.81. The molecule has 0 radical (unpaired) electrons. The first-order valence-corrected chi connectivity index (χ1v) is 7.74. The lowest BCUT2D eigenvalue weighted by Gasteiger charge is -2.31. The van der Waals surface area contributed by atoms with Crippen LogP contribution in [-0.4, -0.2) is 22.6 Å². The van der Waals surface area contributed by atoms with Crippen LogP contribution in [0.2, 0.25) is 0 Å². The SMILES string of the molecule is Cc1nc(CCN)c2n1CCN(c1ccccc1Br)C2. The molecule has 2 N–H and O–H groups in total. The fourth-order valence-electron chi connectivity index (χ4n) is 2.88. The lowest BCUT2D eigenvalue weighted by Crippen LogP contribution is -2.34. The van der Waals surface area contributed by atoms with E-state index in [4.69, 9.17) is 5.73 Å².